The third kappa shape index (κ3) is 3.75. The van der Waals surface area contributed by atoms with Crippen LogP contribution in [0.1, 0.15) is 102 Å². The van der Waals surface area contributed by atoms with Crippen molar-refractivity contribution in [3.8, 4) is 11.3 Å². The van der Waals surface area contributed by atoms with E-state index in [-0.39, 0.29) is 10.8 Å². The van der Waals surface area contributed by atoms with E-state index in [9.17, 15) is 0 Å². The van der Waals surface area contributed by atoms with Crippen LogP contribution in [0, 0.1) is 5.92 Å². The van der Waals surface area contributed by atoms with Crippen LogP contribution in [0.3, 0.4) is 0 Å². The molecular weight excluding hydrogens is 346 g/mol. The molecule has 2 aromatic rings. The third-order valence-electron chi connectivity index (χ3n) is 7.28. The van der Waals surface area contributed by atoms with E-state index in [4.69, 9.17) is 4.98 Å². The lowest BCUT2D eigenvalue weighted by Crippen LogP contribution is -2.33. The highest BCUT2D eigenvalue weighted by molar-refractivity contribution is 7.10. The quantitative estimate of drug-likeness (QED) is 0.483. The highest BCUT2D eigenvalue weighted by Gasteiger charge is 2.37. The number of aromatic nitrogens is 1. The Kier molecular flexibility index (Phi) is 4.99. The molecule has 2 unspecified atom stereocenters. The summed E-state index contributed by atoms with van der Waals surface area (Å²) in [5.41, 5.74) is 6.12. The summed E-state index contributed by atoms with van der Waals surface area (Å²) in [6.45, 7) is 12.0. The predicted octanol–water partition coefficient (Wildman–Crippen LogP) is 7.84. The van der Waals surface area contributed by atoms with Crippen molar-refractivity contribution < 1.29 is 0 Å². The maximum atomic E-state index is 5.12. The van der Waals surface area contributed by atoms with Crippen molar-refractivity contribution in [3.05, 3.63) is 39.7 Å². The molecule has 0 N–H and O–H groups in total. The molecule has 1 heterocycles. The Labute approximate surface area is 169 Å². The normalized spacial score (nSPS) is 27.0. The average molecular weight is 382 g/mol. The molecule has 0 amide bonds. The lowest BCUT2D eigenvalue weighted by molar-refractivity contribution is 0.332. The van der Waals surface area contributed by atoms with Gasteiger partial charge >= 0.3 is 0 Å². The number of nitrogens with zero attached hydrogens (tertiary/aromatic N) is 1. The van der Waals surface area contributed by atoms with E-state index in [1.54, 1.807) is 0 Å². The SMILES string of the molecule is CC1CCCC(c2nc(-c3ccc4c(c3)C(C)(C)CCC4(C)C)cs2)CC1. The fourth-order valence-electron chi connectivity index (χ4n) is 5.09. The fraction of sp³-hybridized carbons (Fsp3) is 0.640. The van der Waals surface area contributed by atoms with E-state index in [0.717, 1.165) is 5.92 Å². The Morgan fingerprint density at radius 3 is 2.44 bits per heavy atom. The number of hydrogen-bond donors (Lipinski definition) is 0. The first-order valence-corrected chi connectivity index (χ1v) is 11.7. The largest absolute Gasteiger partial charge is 0.241 e. The summed E-state index contributed by atoms with van der Waals surface area (Å²) >= 11 is 1.89. The lowest BCUT2D eigenvalue weighted by Gasteiger charge is -2.42. The van der Waals surface area contributed by atoms with Crippen LogP contribution in [0.2, 0.25) is 0 Å². The summed E-state index contributed by atoms with van der Waals surface area (Å²) in [6, 6.07) is 7.15. The number of rotatable bonds is 2. The van der Waals surface area contributed by atoms with E-state index in [2.05, 4.69) is 58.2 Å². The van der Waals surface area contributed by atoms with Crippen LogP contribution in [-0.4, -0.2) is 4.98 Å². The molecule has 27 heavy (non-hydrogen) atoms. The van der Waals surface area contributed by atoms with Gasteiger partial charge in [0.2, 0.25) is 0 Å². The second-order valence-corrected chi connectivity index (χ2v) is 11.3. The molecule has 2 atom stereocenters. The van der Waals surface area contributed by atoms with Gasteiger partial charge in [-0.1, -0.05) is 66.0 Å². The summed E-state index contributed by atoms with van der Waals surface area (Å²) in [4.78, 5) is 5.12. The van der Waals surface area contributed by atoms with Gasteiger partial charge in [0.1, 0.15) is 0 Å². The molecule has 1 saturated carbocycles. The molecule has 0 aliphatic heterocycles. The van der Waals surface area contributed by atoms with Gasteiger partial charge in [0.25, 0.3) is 0 Å². The van der Waals surface area contributed by atoms with E-state index in [0.29, 0.717) is 5.92 Å². The van der Waals surface area contributed by atoms with Crippen molar-refractivity contribution in [3.63, 3.8) is 0 Å². The molecule has 0 radical (unpaired) electrons. The van der Waals surface area contributed by atoms with Crippen LogP contribution < -0.4 is 0 Å². The predicted molar refractivity (Wildman–Crippen MR) is 118 cm³/mol. The van der Waals surface area contributed by atoms with Crippen molar-refractivity contribution in [1.82, 2.24) is 4.98 Å². The van der Waals surface area contributed by atoms with Crippen molar-refractivity contribution >= 4 is 11.3 Å². The van der Waals surface area contributed by atoms with Gasteiger partial charge in [-0.2, -0.15) is 0 Å². The van der Waals surface area contributed by atoms with E-state index >= 15 is 0 Å². The molecule has 0 bridgehead atoms. The minimum absolute atomic E-state index is 0.261. The molecule has 146 valence electrons. The summed E-state index contributed by atoms with van der Waals surface area (Å²) in [7, 11) is 0. The van der Waals surface area contributed by atoms with Gasteiger partial charge in [-0.05, 0) is 59.6 Å². The van der Waals surface area contributed by atoms with Gasteiger partial charge < -0.3 is 0 Å². The first kappa shape index (κ1) is 19.2. The topological polar surface area (TPSA) is 12.9 Å². The Morgan fingerprint density at radius 2 is 1.67 bits per heavy atom. The number of fused-ring (bicyclic) bond motifs is 1. The van der Waals surface area contributed by atoms with Gasteiger partial charge in [-0.15, -0.1) is 11.3 Å². The van der Waals surface area contributed by atoms with Crippen LogP contribution >= 0.6 is 11.3 Å². The molecular formula is C25H35NS. The number of benzene rings is 1. The molecule has 0 saturated heterocycles. The molecule has 1 nitrogen and oxygen atoms in total. The third-order valence-corrected chi connectivity index (χ3v) is 8.28. The number of hydrogen-bond acceptors (Lipinski definition) is 2. The minimum Gasteiger partial charge on any atom is -0.241 e. The first-order chi connectivity index (χ1) is 12.8. The zero-order chi connectivity index (χ0) is 19.2. The minimum atomic E-state index is 0.261. The number of thiazole rings is 1. The van der Waals surface area contributed by atoms with Crippen LogP contribution in [-0.2, 0) is 10.8 Å². The highest BCUT2D eigenvalue weighted by Crippen LogP contribution is 2.47. The Hall–Kier alpha value is -1.15. The molecule has 2 heteroatoms. The van der Waals surface area contributed by atoms with Gasteiger partial charge in [0.05, 0.1) is 10.7 Å². The summed E-state index contributed by atoms with van der Waals surface area (Å²) < 4.78 is 0. The maximum absolute atomic E-state index is 5.12. The Bertz CT molecular complexity index is 813. The summed E-state index contributed by atoms with van der Waals surface area (Å²) in [5, 5.41) is 3.67. The van der Waals surface area contributed by atoms with Crippen molar-refractivity contribution in [2.75, 3.05) is 0 Å². The highest BCUT2D eigenvalue weighted by atomic mass is 32.1. The van der Waals surface area contributed by atoms with Gasteiger partial charge in [0, 0.05) is 16.9 Å². The molecule has 1 aromatic carbocycles. The van der Waals surface area contributed by atoms with Gasteiger partial charge in [-0.25, -0.2) is 4.98 Å². The fourth-order valence-corrected chi connectivity index (χ4v) is 6.09. The van der Waals surface area contributed by atoms with E-state index in [1.807, 2.05) is 11.3 Å². The summed E-state index contributed by atoms with van der Waals surface area (Å²) in [6.07, 6.45) is 9.30. The van der Waals surface area contributed by atoms with Crippen molar-refractivity contribution in [2.24, 2.45) is 5.92 Å². The molecule has 1 aromatic heterocycles. The van der Waals surface area contributed by atoms with Crippen LogP contribution in [0.4, 0.5) is 0 Å². The van der Waals surface area contributed by atoms with Gasteiger partial charge in [-0.3, -0.25) is 0 Å². The second kappa shape index (κ2) is 7.03. The molecule has 2 aliphatic rings. The van der Waals surface area contributed by atoms with E-state index in [1.165, 1.54) is 72.3 Å². The van der Waals surface area contributed by atoms with Gasteiger partial charge in [0.15, 0.2) is 0 Å². The zero-order valence-electron chi connectivity index (χ0n) is 17.8. The van der Waals surface area contributed by atoms with Crippen LogP contribution in [0.15, 0.2) is 23.6 Å². The maximum Gasteiger partial charge on any atom is 0.0963 e. The van der Waals surface area contributed by atoms with Crippen molar-refractivity contribution in [1.29, 1.82) is 0 Å². The molecule has 4 rings (SSSR count). The first-order valence-electron chi connectivity index (χ1n) is 10.9. The second-order valence-electron chi connectivity index (χ2n) is 10.4. The standard InChI is InChI=1S/C25H35NS/c1-17-7-6-8-18(10-9-17)23-26-22(16-27-23)19-11-12-20-21(15-19)25(4,5)14-13-24(20,2)3/h11-12,15-18H,6-10,13-14H2,1-5H3. The Morgan fingerprint density at radius 1 is 0.926 bits per heavy atom. The lowest BCUT2D eigenvalue weighted by atomic mass is 9.63. The van der Waals surface area contributed by atoms with Crippen LogP contribution in [0.25, 0.3) is 11.3 Å². The summed E-state index contributed by atoms with van der Waals surface area (Å²) in [5.74, 6) is 1.57. The molecule has 1 fully saturated rings. The monoisotopic (exact) mass is 381 g/mol. The Balaban J connectivity index is 1.64. The van der Waals surface area contributed by atoms with Crippen molar-refractivity contribution in [2.45, 2.75) is 96.3 Å². The zero-order valence-corrected chi connectivity index (χ0v) is 18.6. The smallest absolute Gasteiger partial charge is 0.0963 e. The van der Waals surface area contributed by atoms with Crippen LogP contribution in [0.5, 0.6) is 0 Å². The average Bonchev–Trinajstić information content (AvgIpc) is 3.02. The molecule has 2 aliphatic carbocycles. The molecule has 0 spiro atoms. The van der Waals surface area contributed by atoms with E-state index < -0.39 is 0 Å².